The van der Waals surface area contributed by atoms with Gasteiger partial charge in [-0.1, -0.05) is 62.7 Å². The number of benzene rings is 2. The molecule has 2 aromatic rings. The number of likely N-dealkylation sites (tertiary alicyclic amines) is 1. The number of halogens is 1. The summed E-state index contributed by atoms with van der Waals surface area (Å²) in [6.45, 7) is 7.40. The van der Waals surface area contributed by atoms with Crippen LogP contribution in [0.2, 0.25) is 5.02 Å². The van der Waals surface area contributed by atoms with Gasteiger partial charge in [-0.05, 0) is 60.4 Å². The van der Waals surface area contributed by atoms with E-state index in [0.717, 1.165) is 29.8 Å². The Morgan fingerprint density at radius 2 is 1.70 bits per heavy atom. The molecule has 0 spiro atoms. The van der Waals surface area contributed by atoms with Crippen molar-refractivity contribution in [2.24, 2.45) is 5.92 Å². The quantitative estimate of drug-likeness (QED) is 0.701. The van der Waals surface area contributed by atoms with E-state index in [4.69, 9.17) is 11.6 Å². The Hall–Kier alpha value is -2.33. The van der Waals surface area contributed by atoms with Crippen molar-refractivity contribution in [1.29, 1.82) is 0 Å². The highest BCUT2D eigenvalue weighted by atomic mass is 35.5. The second-order valence-electron chi connectivity index (χ2n) is 8.36. The summed E-state index contributed by atoms with van der Waals surface area (Å²) in [4.78, 5) is 28.0. The van der Waals surface area contributed by atoms with Crippen LogP contribution in [0.1, 0.15) is 61.0 Å². The fourth-order valence-corrected chi connectivity index (χ4v) is 4.27. The molecule has 1 aliphatic rings. The first kappa shape index (κ1) is 22.4. The predicted molar refractivity (Wildman–Crippen MR) is 122 cm³/mol. The van der Waals surface area contributed by atoms with Gasteiger partial charge >= 0.3 is 0 Å². The number of amides is 2. The number of aryl methyl sites for hydroxylation is 1. The van der Waals surface area contributed by atoms with Crippen molar-refractivity contribution in [3.8, 4) is 0 Å². The molecule has 3 rings (SSSR count). The monoisotopic (exact) mass is 426 g/mol. The molecule has 0 aliphatic carbocycles. The number of carbonyl (C=O) groups is 2. The van der Waals surface area contributed by atoms with Gasteiger partial charge in [-0.3, -0.25) is 9.59 Å². The highest BCUT2D eigenvalue weighted by molar-refractivity contribution is 6.30. The lowest BCUT2D eigenvalue weighted by Crippen LogP contribution is -2.53. The minimum atomic E-state index is -0.519. The number of nitrogens with zero attached hydrogens (tertiary/aromatic N) is 1. The topological polar surface area (TPSA) is 49.4 Å². The van der Waals surface area contributed by atoms with Crippen molar-refractivity contribution in [2.75, 3.05) is 13.1 Å². The van der Waals surface area contributed by atoms with Crippen LogP contribution in [0.25, 0.3) is 0 Å². The molecular formula is C25H31ClN2O2. The van der Waals surface area contributed by atoms with Gasteiger partial charge < -0.3 is 10.2 Å². The van der Waals surface area contributed by atoms with Crippen molar-refractivity contribution in [3.05, 3.63) is 70.2 Å². The van der Waals surface area contributed by atoms with Crippen molar-refractivity contribution in [1.82, 2.24) is 10.2 Å². The molecule has 0 saturated carbocycles. The van der Waals surface area contributed by atoms with Gasteiger partial charge in [0.05, 0.1) is 0 Å². The summed E-state index contributed by atoms with van der Waals surface area (Å²) >= 11 is 6.00. The van der Waals surface area contributed by atoms with E-state index in [0.29, 0.717) is 24.6 Å². The molecule has 160 valence electrons. The largest absolute Gasteiger partial charge is 0.341 e. The first-order valence-corrected chi connectivity index (χ1v) is 11.2. The lowest BCUT2D eigenvalue weighted by atomic mass is 9.89. The van der Waals surface area contributed by atoms with Crippen LogP contribution in [0.15, 0.2) is 48.5 Å². The summed E-state index contributed by atoms with van der Waals surface area (Å²) in [5, 5.41) is 3.75. The Balaban J connectivity index is 1.64. The molecule has 30 heavy (non-hydrogen) atoms. The predicted octanol–water partition coefficient (Wildman–Crippen LogP) is 5.06. The molecule has 0 radical (unpaired) electrons. The maximum absolute atomic E-state index is 13.2. The molecule has 5 heteroatoms. The molecule has 0 aromatic heterocycles. The van der Waals surface area contributed by atoms with Gasteiger partial charge in [0.2, 0.25) is 5.91 Å². The third-order valence-corrected chi connectivity index (χ3v) is 6.26. The summed E-state index contributed by atoms with van der Waals surface area (Å²) in [6.07, 6.45) is 2.62. The van der Waals surface area contributed by atoms with Crippen molar-refractivity contribution in [2.45, 2.75) is 52.0 Å². The maximum atomic E-state index is 13.2. The molecule has 1 fully saturated rings. The molecule has 1 unspecified atom stereocenters. The van der Waals surface area contributed by atoms with Crippen LogP contribution in [0, 0.1) is 5.92 Å². The van der Waals surface area contributed by atoms with E-state index in [-0.39, 0.29) is 17.7 Å². The minimum Gasteiger partial charge on any atom is -0.341 e. The van der Waals surface area contributed by atoms with E-state index in [1.807, 2.05) is 62.1 Å². The van der Waals surface area contributed by atoms with Crippen LogP contribution < -0.4 is 5.32 Å². The van der Waals surface area contributed by atoms with E-state index in [1.165, 1.54) is 5.56 Å². The molecule has 4 nitrogen and oxygen atoms in total. The Bertz CT molecular complexity index is 871. The number of rotatable bonds is 6. The molecular weight excluding hydrogens is 396 g/mol. The molecule has 2 aromatic carbocycles. The summed E-state index contributed by atoms with van der Waals surface area (Å²) in [5.41, 5.74) is 2.92. The van der Waals surface area contributed by atoms with Crippen molar-refractivity contribution < 1.29 is 9.59 Å². The lowest BCUT2D eigenvalue weighted by molar-refractivity contribution is -0.135. The van der Waals surface area contributed by atoms with Gasteiger partial charge in [-0.25, -0.2) is 0 Å². The van der Waals surface area contributed by atoms with E-state index in [9.17, 15) is 9.59 Å². The summed E-state index contributed by atoms with van der Waals surface area (Å²) in [5.74, 6) is 0.302. The van der Waals surface area contributed by atoms with Gasteiger partial charge in [0.15, 0.2) is 0 Å². The maximum Gasteiger partial charge on any atom is 0.252 e. The average molecular weight is 427 g/mol. The number of nitrogens with one attached hydrogen (secondary N) is 1. The summed E-state index contributed by atoms with van der Waals surface area (Å²) in [6, 6.07) is 15.1. The number of hydrogen-bond donors (Lipinski definition) is 1. The molecule has 2 amide bonds. The van der Waals surface area contributed by atoms with Crippen LogP contribution >= 0.6 is 11.6 Å². The van der Waals surface area contributed by atoms with Crippen LogP contribution in [0.3, 0.4) is 0 Å². The van der Waals surface area contributed by atoms with Gasteiger partial charge in [-0.2, -0.15) is 0 Å². The van der Waals surface area contributed by atoms with Crippen molar-refractivity contribution >= 4 is 23.4 Å². The standard InChI is InChI=1S/C25H31ClN2O2/c1-4-18-7-5-6-8-22(18)24(29)27-23(17(2)3)25(30)28-15-13-20(14-16-28)19-9-11-21(26)12-10-19/h5-12,17,20,23H,4,13-16H2,1-3H3,(H,27,29). The molecule has 1 saturated heterocycles. The minimum absolute atomic E-state index is 0.0156. The lowest BCUT2D eigenvalue weighted by Gasteiger charge is -2.35. The van der Waals surface area contributed by atoms with Crippen LogP contribution in [-0.2, 0) is 11.2 Å². The Labute approximate surface area is 184 Å². The second-order valence-corrected chi connectivity index (χ2v) is 8.79. The normalized spacial score (nSPS) is 15.8. The highest BCUT2D eigenvalue weighted by Crippen LogP contribution is 2.29. The highest BCUT2D eigenvalue weighted by Gasteiger charge is 2.32. The fraction of sp³-hybridized carbons (Fsp3) is 0.440. The summed E-state index contributed by atoms with van der Waals surface area (Å²) < 4.78 is 0. The third kappa shape index (κ3) is 5.23. The fourth-order valence-electron chi connectivity index (χ4n) is 4.15. The van der Waals surface area contributed by atoms with Crippen LogP contribution in [-0.4, -0.2) is 35.8 Å². The van der Waals surface area contributed by atoms with Gasteiger partial charge in [-0.15, -0.1) is 0 Å². The molecule has 1 heterocycles. The number of carbonyl (C=O) groups excluding carboxylic acids is 2. The second kappa shape index (κ2) is 10.1. The van der Waals surface area contributed by atoms with Gasteiger partial charge in [0.25, 0.3) is 5.91 Å². The van der Waals surface area contributed by atoms with E-state index in [2.05, 4.69) is 17.4 Å². The molecule has 1 aliphatic heterocycles. The number of piperidine rings is 1. The average Bonchev–Trinajstić information content (AvgIpc) is 2.77. The molecule has 1 N–H and O–H groups in total. The smallest absolute Gasteiger partial charge is 0.252 e. The first-order valence-electron chi connectivity index (χ1n) is 10.8. The SMILES string of the molecule is CCc1ccccc1C(=O)NC(C(=O)N1CCC(c2ccc(Cl)cc2)CC1)C(C)C. The van der Waals surface area contributed by atoms with Gasteiger partial charge in [0, 0.05) is 23.7 Å². The zero-order chi connectivity index (χ0) is 21.7. The van der Waals surface area contributed by atoms with E-state index >= 15 is 0 Å². The van der Waals surface area contributed by atoms with E-state index in [1.54, 1.807) is 0 Å². The molecule has 0 bridgehead atoms. The van der Waals surface area contributed by atoms with Gasteiger partial charge in [0.1, 0.15) is 6.04 Å². The molecule has 1 atom stereocenters. The van der Waals surface area contributed by atoms with Crippen LogP contribution in [0.4, 0.5) is 0 Å². The zero-order valence-electron chi connectivity index (χ0n) is 18.0. The Kier molecular flexibility index (Phi) is 7.54. The summed E-state index contributed by atoms with van der Waals surface area (Å²) in [7, 11) is 0. The Morgan fingerprint density at radius 3 is 2.30 bits per heavy atom. The van der Waals surface area contributed by atoms with Crippen LogP contribution in [0.5, 0.6) is 0 Å². The number of hydrogen-bond acceptors (Lipinski definition) is 2. The zero-order valence-corrected chi connectivity index (χ0v) is 18.8. The third-order valence-electron chi connectivity index (χ3n) is 6.01. The van der Waals surface area contributed by atoms with Crippen molar-refractivity contribution in [3.63, 3.8) is 0 Å². The van der Waals surface area contributed by atoms with E-state index < -0.39 is 6.04 Å². The first-order chi connectivity index (χ1) is 14.4. The Morgan fingerprint density at radius 1 is 1.07 bits per heavy atom.